The van der Waals surface area contributed by atoms with E-state index in [4.69, 9.17) is 9.47 Å². The predicted molar refractivity (Wildman–Crippen MR) is 104 cm³/mol. The van der Waals surface area contributed by atoms with Gasteiger partial charge in [-0.05, 0) is 68.5 Å². The Kier molecular flexibility index (Phi) is 4.69. The van der Waals surface area contributed by atoms with Crippen molar-refractivity contribution in [2.45, 2.75) is 13.8 Å². The number of carbonyl (C=O) groups is 1. The Bertz CT molecular complexity index is 1070. The van der Waals surface area contributed by atoms with E-state index in [1.54, 1.807) is 41.1 Å². The van der Waals surface area contributed by atoms with Gasteiger partial charge in [-0.2, -0.15) is 5.10 Å². The topological polar surface area (TPSA) is 53.4 Å². The number of ketones is 1. The van der Waals surface area contributed by atoms with Gasteiger partial charge in [0.2, 0.25) is 0 Å². The third kappa shape index (κ3) is 3.41. The molecule has 1 aliphatic heterocycles. The lowest BCUT2D eigenvalue weighted by molar-refractivity contribution is 0.104. The quantitative estimate of drug-likeness (QED) is 0.502. The zero-order chi connectivity index (χ0) is 19.7. The first kappa shape index (κ1) is 18.0. The molecule has 0 aliphatic carbocycles. The summed E-state index contributed by atoms with van der Waals surface area (Å²) < 4.78 is 25.9. The second-order valence-corrected chi connectivity index (χ2v) is 6.53. The summed E-state index contributed by atoms with van der Waals surface area (Å²) in [5, 5.41) is 4.51. The molecule has 0 N–H and O–H groups in total. The van der Waals surface area contributed by atoms with Crippen LogP contribution in [0.15, 0.2) is 48.5 Å². The Morgan fingerprint density at radius 2 is 1.79 bits per heavy atom. The highest BCUT2D eigenvalue weighted by Gasteiger charge is 2.15. The molecule has 0 fully saturated rings. The van der Waals surface area contributed by atoms with E-state index in [9.17, 15) is 9.18 Å². The third-order valence-corrected chi connectivity index (χ3v) is 4.65. The van der Waals surface area contributed by atoms with Crippen LogP contribution in [0.1, 0.15) is 27.3 Å². The van der Waals surface area contributed by atoms with Gasteiger partial charge in [0.1, 0.15) is 19.0 Å². The molecular formula is C22H19FN2O3. The minimum Gasteiger partial charge on any atom is -0.486 e. The first-order chi connectivity index (χ1) is 13.5. The number of aromatic nitrogens is 2. The van der Waals surface area contributed by atoms with Gasteiger partial charge in [-0.3, -0.25) is 4.79 Å². The monoisotopic (exact) mass is 378 g/mol. The number of nitrogens with zero attached hydrogens (tertiary/aromatic N) is 2. The lowest BCUT2D eigenvalue weighted by Crippen LogP contribution is -2.15. The maximum atomic E-state index is 13.2. The van der Waals surface area contributed by atoms with Crippen molar-refractivity contribution >= 4 is 11.9 Å². The van der Waals surface area contributed by atoms with Crippen molar-refractivity contribution in [3.63, 3.8) is 0 Å². The second-order valence-electron chi connectivity index (χ2n) is 6.53. The molecule has 0 radical (unpaired) electrons. The highest BCUT2D eigenvalue weighted by Crippen LogP contribution is 2.31. The van der Waals surface area contributed by atoms with Crippen LogP contribution in [0.3, 0.4) is 0 Å². The van der Waals surface area contributed by atoms with Gasteiger partial charge in [0.25, 0.3) is 0 Å². The van der Waals surface area contributed by atoms with Crippen molar-refractivity contribution in [2.75, 3.05) is 13.2 Å². The van der Waals surface area contributed by atoms with Gasteiger partial charge >= 0.3 is 0 Å². The number of rotatable bonds is 4. The molecule has 0 saturated carbocycles. The lowest BCUT2D eigenvalue weighted by Gasteiger charge is -2.18. The number of hydrogen-bond donors (Lipinski definition) is 0. The SMILES string of the molecule is Cc1nn(-c2ccc(F)cc2)c(C)c1/C=C/C(=O)c1ccc2c(c1)OCCO2. The smallest absolute Gasteiger partial charge is 0.185 e. The first-order valence-electron chi connectivity index (χ1n) is 8.97. The molecule has 1 aromatic heterocycles. The fourth-order valence-electron chi connectivity index (χ4n) is 3.18. The summed E-state index contributed by atoms with van der Waals surface area (Å²) in [6, 6.07) is 11.3. The van der Waals surface area contributed by atoms with Crippen molar-refractivity contribution in [3.8, 4) is 17.2 Å². The summed E-state index contributed by atoms with van der Waals surface area (Å²) >= 11 is 0. The highest BCUT2D eigenvalue weighted by atomic mass is 19.1. The number of benzene rings is 2. The fourth-order valence-corrected chi connectivity index (χ4v) is 3.18. The molecule has 6 heteroatoms. The number of allylic oxidation sites excluding steroid dienone is 1. The molecule has 4 rings (SSSR count). The van der Waals surface area contributed by atoms with Gasteiger partial charge in [0.05, 0.1) is 11.4 Å². The summed E-state index contributed by atoms with van der Waals surface area (Å²) in [5.41, 5.74) is 3.81. The number of aryl methyl sites for hydroxylation is 1. The maximum Gasteiger partial charge on any atom is 0.185 e. The molecule has 0 amide bonds. The van der Waals surface area contributed by atoms with Crippen molar-refractivity contribution in [3.05, 3.63) is 76.9 Å². The number of ether oxygens (including phenoxy) is 2. The molecule has 0 saturated heterocycles. The Morgan fingerprint density at radius 3 is 2.54 bits per heavy atom. The molecule has 0 bridgehead atoms. The predicted octanol–water partition coefficient (Wildman–Crippen LogP) is 4.30. The van der Waals surface area contributed by atoms with E-state index < -0.39 is 0 Å². The largest absolute Gasteiger partial charge is 0.486 e. The van der Waals surface area contributed by atoms with E-state index in [0.29, 0.717) is 30.3 Å². The van der Waals surface area contributed by atoms with Crippen LogP contribution >= 0.6 is 0 Å². The summed E-state index contributed by atoms with van der Waals surface area (Å²) in [4.78, 5) is 12.6. The Balaban J connectivity index is 1.59. The number of hydrogen-bond acceptors (Lipinski definition) is 4. The van der Waals surface area contributed by atoms with E-state index in [-0.39, 0.29) is 11.6 Å². The summed E-state index contributed by atoms with van der Waals surface area (Å²) in [6.07, 6.45) is 3.29. The number of fused-ring (bicyclic) bond motifs is 1. The summed E-state index contributed by atoms with van der Waals surface area (Å²) in [7, 11) is 0. The summed E-state index contributed by atoms with van der Waals surface area (Å²) in [5.74, 6) is 0.807. The molecule has 0 atom stereocenters. The lowest BCUT2D eigenvalue weighted by atomic mass is 10.1. The van der Waals surface area contributed by atoms with E-state index in [2.05, 4.69) is 5.10 Å². The van der Waals surface area contributed by atoms with Crippen LogP contribution in [0.25, 0.3) is 11.8 Å². The first-order valence-corrected chi connectivity index (χ1v) is 8.97. The Hall–Kier alpha value is -3.41. The minimum atomic E-state index is -0.296. The Morgan fingerprint density at radius 1 is 1.07 bits per heavy atom. The van der Waals surface area contributed by atoms with Crippen LogP contribution in [0, 0.1) is 19.7 Å². The maximum absolute atomic E-state index is 13.2. The van der Waals surface area contributed by atoms with Crippen molar-refractivity contribution < 1.29 is 18.7 Å². The average Bonchev–Trinajstić information content (AvgIpc) is 3.00. The van der Waals surface area contributed by atoms with Crippen LogP contribution in [0.2, 0.25) is 0 Å². The van der Waals surface area contributed by atoms with Gasteiger partial charge in [0.15, 0.2) is 17.3 Å². The van der Waals surface area contributed by atoms with Crippen LogP contribution in [-0.2, 0) is 0 Å². The molecule has 3 aromatic rings. The zero-order valence-electron chi connectivity index (χ0n) is 15.6. The van der Waals surface area contributed by atoms with Gasteiger partial charge in [-0.15, -0.1) is 0 Å². The van der Waals surface area contributed by atoms with Gasteiger partial charge < -0.3 is 9.47 Å². The fraction of sp³-hybridized carbons (Fsp3) is 0.182. The average molecular weight is 378 g/mol. The third-order valence-electron chi connectivity index (χ3n) is 4.65. The molecule has 2 heterocycles. The van der Waals surface area contributed by atoms with E-state index in [0.717, 1.165) is 22.6 Å². The van der Waals surface area contributed by atoms with E-state index in [1.807, 2.05) is 13.8 Å². The molecule has 0 spiro atoms. The van der Waals surface area contributed by atoms with E-state index in [1.165, 1.54) is 18.2 Å². The standard InChI is InChI=1S/C22H19FN2O3/c1-14-19(15(2)25(24-14)18-6-4-17(23)5-7-18)8-9-20(26)16-3-10-21-22(13-16)28-12-11-27-21/h3-10,13H,11-12H2,1-2H3/b9-8+. The van der Waals surface area contributed by atoms with Gasteiger partial charge in [-0.1, -0.05) is 0 Å². The molecule has 0 unspecified atom stereocenters. The van der Waals surface area contributed by atoms with Crippen molar-refractivity contribution in [1.82, 2.24) is 9.78 Å². The van der Waals surface area contributed by atoms with Gasteiger partial charge in [0, 0.05) is 16.8 Å². The van der Waals surface area contributed by atoms with E-state index >= 15 is 0 Å². The molecule has 1 aliphatic rings. The number of halogens is 1. The molecule has 5 nitrogen and oxygen atoms in total. The van der Waals surface area contributed by atoms with Crippen molar-refractivity contribution in [2.24, 2.45) is 0 Å². The molecule has 142 valence electrons. The van der Waals surface area contributed by atoms with Crippen molar-refractivity contribution in [1.29, 1.82) is 0 Å². The van der Waals surface area contributed by atoms with Gasteiger partial charge in [-0.25, -0.2) is 9.07 Å². The zero-order valence-corrected chi connectivity index (χ0v) is 15.6. The van der Waals surface area contributed by atoms with Crippen LogP contribution in [0.4, 0.5) is 4.39 Å². The minimum absolute atomic E-state index is 0.134. The highest BCUT2D eigenvalue weighted by molar-refractivity contribution is 6.07. The number of carbonyl (C=O) groups excluding carboxylic acids is 1. The van der Waals surface area contributed by atoms with Crippen LogP contribution in [-0.4, -0.2) is 28.8 Å². The van der Waals surface area contributed by atoms with Crippen LogP contribution in [0.5, 0.6) is 11.5 Å². The second kappa shape index (κ2) is 7.31. The molecular weight excluding hydrogens is 359 g/mol. The van der Waals surface area contributed by atoms with Crippen LogP contribution < -0.4 is 9.47 Å². The summed E-state index contributed by atoms with van der Waals surface area (Å²) in [6.45, 7) is 4.77. The molecule has 28 heavy (non-hydrogen) atoms. The normalized spacial score (nSPS) is 13.1. The Labute approximate surface area is 162 Å². The molecule has 2 aromatic carbocycles.